The highest BCUT2D eigenvalue weighted by Gasteiger charge is 2.36. The van der Waals surface area contributed by atoms with Crippen LogP contribution in [0, 0.1) is 24.2 Å². The van der Waals surface area contributed by atoms with Crippen LogP contribution >= 0.6 is 11.3 Å². The summed E-state index contributed by atoms with van der Waals surface area (Å²) in [6.45, 7) is 4.02. The van der Waals surface area contributed by atoms with E-state index in [1.54, 1.807) is 24.3 Å². The van der Waals surface area contributed by atoms with Crippen molar-refractivity contribution in [3.8, 4) is 17.3 Å². The molecule has 0 saturated heterocycles. The zero-order valence-corrected chi connectivity index (χ0v) is 19.7. The highest BCUT2D eigenvalue weighted by molar-refractivity contribution is 7.16. The topological polar surface area (TPSA) is 83.1 Å². The molecule has 6 nitrogen and oxygen atoms in total. The van der Waals surface area contributed by atoms with Crippen LogP contribution < -0.4 is 5.32 Å². The minimum atomic E-state index is -4.71. The molecule has 1 N–H and O–H groups in total. The molecular weight excluding hydrogens is 475 g/mol. The van der Waals surface area contributed by atoms with Crippen LogP contribution in [-0.4, -0.2) is 20.5 Å². The number of hydrogen-bond donors (Lipinski definition) is 1. The number of halogens is 3. The number of thiophene rings is 1. The Balaban J connectivity index is 1.54. The summed E-state index contributed by atoms with van der Waals surface area (Å²) in [6.07, 6.45) is -2.15. The zero-order valence-electron chi connectivity index (χ0n) is 18.9. The summed E-state index contributed by atoms with van der Waals surface area (Å²) >= 11 is 1.34. The SMILES string of the molecule is Cc1ccc(-c2cc(C(F)(F)F)n3nc(C(=O)Nc4sc5c(c4C#N)CCC(C)C5)cc3n2)cc1. The van der Waals surface area contributed by atoms with E-state index in [0.717, 1.165) is 41.3 Å². The Kier molecular flexibility index (Phi) is 5.60. The summed E-state index contributed by atoms with van der Waals surface area (Å²) in [4.78, 5) is 18.4. The Hall–Kier alpha value is -3.71. The molecule has 0 bridgehead atoms. The number of nitrogens with one attached hydrogen (secondary N) is 1. The molecule has 1 amide bonds. The summed E-state index contributed by atoms with van der Waals surface area (Å²) in [7, 11) is 0. The van der Waals surface area contributed by atoms with E-state index in [9.17, 15) is 23.2 Å². The van der Waals surface area contributed by atoms with Crippen LogP contribution in [0.2, 0.25) is 0 Å². The Bertz CT molecular complexity index is 1490. The van der Waals surface area contributed by atoms with Crippen molar-refractivity contribution >= 4 is 27.9 Å². The van der Waals surface area contributed by atoms with Gasteiger partial charge in [0, 0.05) is 16.5 Å². The fraction of sp³-hybridized carbons (Fsp3) is 0.280. The molecular formula is C25H20F3N5OS. The van der Waals surface area contributed by atoms with Crippen molar-refractivity contribution in [1.82, 2.24) is 14.6 Å². The monoisotopic (exact) mass is 495 g/mol. The summed E-state index contributed by atoms with van der Waals surface area (Å²) in [6, 6.07) is 11.3. The van der Waals surface area contributed by atoms with Crippen molar-refractivity contribution in [2.24, 2.45) is 5.92 Å². The van der Waals surface area contributed by atoms with Crippen molar-refractivity contribution in [3.63, 3.8) is 0 Å². The van der Waals surface area contributed by atoms with Crippen LogP contribution in [-0.2, 0) is 19.0 Å². The van der Waals surface area contributed by atoms with Crippen LogP contribution in [0.1, 0.15) is 51.1 Å². The van der Waals surface area contributed by atoms with E-state index in [-0.39, 0.29) is 17.0 Å². The maximum Gasteiger partial charge on any atom is 0.433 e. The Morgan fingerprint density at radius 3 is 2.69 bits per heavy atom. The molecule has 0 spiro atoms. The van der Waals surface area contributed by atoms with Crippen LogP contribution in [0.3, 0.4) is 0 Å². The third-order valence-corrected chi connectivity index (χ3v) is 7.32. The van der Waals surface area contributed by atoms with Gasteiger partial charge in [0.15, 0.2) is 17.0 Å². The number of anilines is 1. The molecule has 10 heteroatoms. The molecule has 3 heterocycles. The molecule has 0 aliphatic heterocycles. The molecule has 1 aliphatic rings. The number of amides is 1. The van der Waals surface area contributed by atoms with Crippen LogP contribution in [0.15, 0.2) is 36.4 Å². The second kappa shape index (κ2) is 8.50. The fourth-order valence-electron chi connectivity index (χ4n) is 4.28. The van der Waals surface area contributed by atoms with Gasteiger partial charge in [-0.25, -0.2) is 9.50 Å². The van der Waals surface area contributed by atoms with Crippen molar-refractivity contribution in [2.45, 2.75) is 39.3 Å². The van der Waals surface area contributed by atoms with Gasteiger partial charge < -0.3 is 5.32 Å². The van der Waals surface area contributed by atoms with E-state index in [1.807, 2.05) is 6.92 Å². The van der Waals surface area contributed by atoms with Crippen LogP contribution in [0.25, 0.3) is 16.9 Å². The Morgan fingerprint density at radius 2 is 2.00 bits per heavy atom. The lowest BCUT2D eigenvalue weighted by atomic mass is 9.89. The summed E-state index contributed by atoms with van der Waals surface area (Å²) in [5, 5.41) is 16.7. The summed E-state index contributed by atoms with van der Waals surface area (Å²) in [5.74, 6) is -0.201. The van der Waals surface area contributed by atoms with Gasteiger partial charge in [-0.1, -0.05) is 36.8 Å². The highest BCUT2D eigenvalue weighted by Crippen LogP contribution is 2.39. The highest BCUT2D eigenvalue weighted by atomic mass is 32.1. The maximum atomic E-state index is 13.9. The third-order valence-electron chi connectivity index (χ3n) is 6.15. The number of aromatic nitrogens is 3. The number of aryl methyl sites for hydroxylation is 1. The van der Waals surface area contributed by atoms with E-state index in [4.69, 9.17) is 0 Å². The standard InChI is InChI=1S/C25H20F3N5OS/c1-13-3-6-15(7-4-13)18-10-21(25(26,27)28)33-22(30-18)11-19(32-33)23(34)31-24-17(12-29)16-8-5-14(2)9-20(16)35-24/h3-4,6-7,10-11,14H,5,8-9H2,1-2H3,(H,31,34). The number of nitriles is 1. The van der Waals surface area contributed by atoms with Crippen molar-refractivity contribution in [1.29, 1.82) is 5.26 Å². The molecule has 4 aromatic rings. The average molecular weight is 496 g/mol. The first-order valence-electron chi connectivity index (χ1n) is 11.0. The van der Waals surface area contributed by atoms with E-state index in [2.05, 4.69) is 28.4 Å². The molecule has 1 atom stereocenters. The number of alkyl halides is 3. The molecule has 35 heavy (non-hydrogen) atoms. The lowest BCUT2D eigenvalue weighted by Gasteiger charge is -2.17. The van der Waals surface area contributed by atoms with E-state index in [0.29, 0.717) is 26.6 Å². The predicted molar refractivity (Wildman–Crippen MR) is 126 cm³/mol. The summed E-state index contributed by atoms with van der Waals surface area (Å²) < 4.78 is 42.3. The summed E-state index contributed by atoms with van der Waals surface area (Å²) in [5.41, 5.74) is 1.64. The van der Waals surface area contributed by atoms with Gasteiger partial charge >= 0.3 is 6.18 Å². The molecule has 0 radical (unpaired) electrons. The molecule has 0 fully saturated rings. The smallest absolute Gasteiger partial charge is 0.311 e. The fourth-order valence-corrected chi connectivity index (χ4v) is 5.64. The number of carbonyl (C=O) groups is 1. The average Bonchev–Trinajstić information content (AvgIpc) is 3.38. The van der Waals surface area contributed by atoms with Crippen LogP contribution in [0.5, 0.6) is 0 Å². The number of carbonyl (C=O) groups excluding carboxylic acids is 1. The molecule has 1 aliphatic carbocycles. The second-order valence-electron chi connectivity index (χ2n) is 8.81. The quantitative estimate of drug-likeness (QED) is 0.376. The number of rotatable bonds is 3. The number of hydrogen-bond acceptors (Lipinski definition) is 5. The molecule has 178 valence electrons. The van der Waals surface area contributed by atoms with Crippen molar-refractivity contribution in [3.05, 3.63) is 69.4 Å². The largest absolute Gasteiger partial charge is 0.433 e. The number of benzene rings is 1. The first-order chi connectivity index (χ1) is 16.6. The molecule has 3 aromatic heterocycles. The van der Waals surface area contributed by atoms with Gasteiger partial charge in [0.25, 0.3) is 5.91 Å². The zero-order chi connectivity index (χ0) is 24.9. The van der Waals surface area contributed by atoms with Gasteiger partial charge in [-0.15, -0.1) is 11.3 Å². The number of fused-ring (bicyclic) bond motifs is 2. The minimum absolute atomic E-state index is 0.0969. The van der Waals surface area contributed by atoms with E-state index >= 15 is 0 Å². The van der Waals surface area contributed by atoms with Gasteiger partial charge in [-0.05, 0) is 43.7 Å². The van der Waals surface area contributed by atoms with Crippen molar-refractivity contribution in [2.75, 3.05) is 5.32 Å². The van der Waals surface area contributed by atoms with Gasteiger partial charge in [0.2, 0.25) is 0 Å². The minimum Gasteiger partial charge on any atom is -0.311 e. The van der Waals surface area contributed by atoms with Gasteiger partial charge in [-0.3, -0.25) is 4.79 Å². The van der Waals surface area contributed by atoms with Crippen molar-refractivity contribution < 1.29 is 18.0 Å². The Morgan fingerprint density at radius 1 is 1.26 bits per heavy atom. The lowest BCUT2D eigenvalue weighted by molar-refractivity contribution is -0.142. The second-order valence-corrected chi connectivity index (χ2v) is 9.92. The first-order valence-corrected chi connectivity index (χ1v) is 11.9. The maximum absolute atomic E-state index is 13.9. The van der Waals surface area contributed by atoms with Gasteiger partial charge in [0.05, 0.1) is 11.3 Å². The number of nitrogens with zero attached hydrogens (tertiary/aromatic N) is 4. The third kappa shape index (κ3) is 4.28. The van der Waals surface area contributed by atoms with E-state index < -0.39 is 17.8 Å². The van der Waals surface area contributed by atoms with Gasteiger partial charge in [-0.2, -0.15) is 23.5 Å². The first kappa shape index (κ1) is 23.1. The molecule has 1 unspecified atom stereocenters. The lowest BCUT2D eigenvalue weighted by Crippen LogP contribution is -2.15. The molecule has 5 rings (SSSR count). The van der Waals surface area contributed by atoms with E-state index in [1.165, 1.54) is 17.4 Å². The van der Waals surface area contributed by atoms with Gasteiger partial charge in [0.1, 0.15) is 11.1 Å². The van der Waals surface area contributed by atoms with Crippen LogP contribution in [0.4, 0.5) is 18.2 Å². The molecule has 1 aromatic carbocycles. The predicted octanol–water partition coefficient (Wildman–Crippen LogP) is 6.03. The normalized spacial score (nSPS) is 15.6. The Labute approximate surface area is 203 Å². The molecule has 0 saturated carbocycles.